The van der Waals surface area contributed by atoms with Crippen molar-refractivity contribution >= 4 is 23.3 Å². The van der Waals surface area contributed by atoms with Crippen LogP contribution in [-0.4, -0.2) is 89.2 Å². The molecule has 1 aliphatic heterocycles. The van der Waals surface area contributed by atoms with Gasteiger partial charge in [0.05, 0.1) is 0 Å². The number of halogens is 3. The van der Waals surface area contributed by atoms with Gasteiger partial charge in [0.25, 0.3) is 10.2 Å². The fraction of sp³-hybridized carbons (Fsp3) is 0.923. The van der Waals surface area contributed by atoms with Crippen molar-refractivity contribution in [3.05, 3.63) is 0 Å². The summed E-state index contributed by atoms with van der Waals surface area (Å²) in [6.07, 6.45) is -4.18. The van der Waals surface area contributed by atoms with Crippen LogP contribution >= 0.6 is 0 Å². The minimum atomic E-state index is -4.90. The number of rotatable bonds is 10. The van der Waals surface area contributed by atoms with Gasteiger partial charge in [0, 0.05) is 25.2 Å². The van der Waals surface area contributed by atoms with Crippen LogP contribution in [0.1, 0.15) is 19.8 Å². The van der Waals surface area contributed by atoms with Crippen LogP contribution in [-0.2, 0) is 15.0 Å². The van der Waals surface area contributed by atoms with Gasteiger partial charge < -0.3 is 26.6 Å². The summed E-state index contributed by atoms with van der Waals surface area (Å²) in [6.45, 7) is -1.81. The molecule has 0 amide bonds. The molecule has 0 aliphatic carbocycles. The molecule has 0 aromatic heterocycles. The number of alkyl halides is 3. The summed E-state index contributed by atoms with van der Waals surface area (Å²) in [5, 5.41) is 26.6. The van der Waals surface area contributed by atoms with Gasteiger partial charge in [-0.2, -0.15) is 30.2 Å². The van der Waals surface area contributed by atoms with Crippen LogP contribution in [0, 0.1) is 5.92 Å². The van der Waals surface area contributed by atoms with Crippen molar-refractivity contribution < 1.29 is 41.5 Å². The van der Waals surface area contributed by atoms with Crippen molar-refractivity contribution in [2.24, 2.45) is 17.4 Å². The van der Waals surface area contributed by atoms with Crippen LogP contribution in [0.25, 0.3) is 0 Å². The van der Waals surface area contributed by atoms with E-state index in [2.05, 4.69) is 0 Å². The maximum Gasteiger partial charge on any atom is 0.451 e. The molecular formula is C13H26BF3N4O6S. The Morgan fingerprint density at radius 1 is 1.43 bits per heavy atom. The Morgan fingerprint density at radius 3 is 2.46 bits per heavy atom. The molecule has 0 aromatic rings. The Labute approximate surface area is 161 Å². The molecule has 0 radical (unpaired) electrons. The zero-order valence-corrected chi connectivity index (χ0v) is 16.2. The molecule has 164 valence electrons. The van der Waals surface area contributed by atoms with E-state index in [1.807, 2.05) is 0 Å². The monoisotopic (exact) mass is 434 g/mol. The van der Waals surface area contributed by atoms with Gasteiger partial charge in [0.2, 0.25) is 0 Å². The summed E-state index contributed by atoms with van der Waals surface area (Å²) < 4.78 is 64.9. The lowest BCUT2D eigenvalue weighted by Gasteiger charge is -2.29. The molecule has 28 heavy (non-hydrogen) atoms. The van der Waals surface area contributed by atoms with E-state index in [4.69, 9.17) is 26.6 Å². The van der Waals surface area contributed by atoms with Crippen molar-refractivity contribution in [2.45, 2.75) is 43.8 Å². The summed E-state index contributed by atoms with van der Waals surface area (Å²) in [5.41, 5.74) is 10.3. The molecule has 1 heterocycles. The molecule has 1 fully saturated rings. The average molecular weight is 434 g/mol. The van der Waals surface area contributed by atoms with Crippen molar-refractivity contribution in [1.82, 2.24) is 8.61 Å². The second-order valence-corrected chi connectivity index (χ2v) is 9.20. The quantitative estimate of drug-likeness (QED) is 0.256. The topological polar surface area (TPSA) is 170 Å². The van der Waals surface area contributed by atoms with Crippen LogP contribution in [0.4, 0.5) is 13.2 Å². The molecule has 7 N–H and O–H groups in total. The number of carbonyl (C=O) groups is 1. The fourth-order valence-corrected chi connectivity index (χ4v) is 4.87. The first-order valence-corrected chi connectivity index (χ1v) is 9.91. The highest BCUT2D eigenvalue weighted by atomic mass is 32.2. The maximum absolute atomic E-state index is 12.9. The van der Waals surface area contributed by atoms with E-state index in [0.29, 0.717) is 12.8 Å². The molecule has 0 spiro atoms. The normalized spacial score (nSPS) is 25.2. The number of aliphatic carboxylic acids is 1. The Kier molecular flexibility index (Phi) is 8.27. The second kappa shape index (κ2) is 9.23. The number of hydrogen-bond donors (Lipinski definition) is 5. The molecule has 10 nitrogen and oxygen atoms in total. The Balaban J connectivity index is 3.00. The molecule has 3 atom stereocenters. The van der Waals surface area contributed by atoms with Crippen LogP contribution in [0.5, 0.6) is 0 Å². The first-order chi connectivity index (χ1) is 12.6. The van der Waals surface area contributed by atoms with E-state index in [-0.39, 0.29) is 23.7 Å². The molecular weight excluding hydrogens is 408 g/mol. The summed E-state index contributed by atoms with van der Waals surface area (Å²) in [4.78, 5) is 10.9. The second-order valence-electron chi connectivity index (χ2n) is 7.27. The highest BCUT2D eigenvalue weighted by Gasteiger charge is 2.48. The summed E-state index contributed by atoms with van der Waals surface area (Å²) in [6, 6.07) is -1.83. The third-order valence-corrected chi connectivity index (χ3v) is 6.48. The molecule has 1 rings (SSSR count). The molecule has 1 unspecified atom stereocenters. The van der Waals surface area contributed by atoms with E-state index in [9.17, 15) is 26.4 Å². The molecule has 15 heteroatoms. The van der Waals surface area contributed by atoms with Gasteiger partial charge >= 0.3 is 19.3 Å². The minimum absolute atomic E-state index is 0.00171. The predicted octanol–water partition coefficient (Wildman–Crippen LogP) is -1.59. The van der Waals surface area contributed by atoms with Gasteiger partial charge in [-0.3, -0.25) is 4.79 Å². The van der Waals surface area contributed by atoms with Gasteiger partial charge in [0.1, 0.15) is 12.6 Å². The van der Waals surface area contributed by atoms with Crippen molar-refractivity contribution in [2.75, 3.05) is 26.2 Å². The lowest BCUT2D eigenvalue weighted by molar-refractivity contribution is -0.144. The lowest BCUT2D eigenvalue weighted by atomic mass is 9.79. The average Bonchev–Trinajstić information content (AvgIpc) is 2.80. The van der Waals surface area contributed by atoms with Crippen molar-refractivity contribution in [3.8, 4) is 0 Å². The predicted molar refractivity (Wildman–Crippen MR) is 94.0 cm³/mol. The van der Waals surface area contributed by atoms with E-state index < -0.39 is 60.1 Å². The van der Waals surface area contributed by atoms with Crippen molar-refractivity contribution in [3.63, 3.8) is 0 Å². The third-order valence-electron chi connectivity index (χ3n) is 4.61. The number of nitrogens with zero attached hydrogens (tertiary/aromatic N) is 2. The summed E-state index contributed by atoms with van der Waals surface area (Å²) in [5.74, 6) is -2.06. The number of hydrogen-bond acceptors (Lipinski definition) is 7. The zero-order chi connectivity index (χ0) is 21.9. The van der Waals surface area contributed by atoms with Crippen LogP contribution < -0.4 is 11.5 Å². The SMILES string of the molecule is C[C@]1(N)CN(S(=O)(=O)N(CC(N)C(=O)O)CC(F)(F)F)C[C@@H]1CCCB(O)O. The lowest BCUT2D eigenvalue weighted by Crippen LogP contribution is -2.53. The van der Waals surface area contributed by atoms with Gasteiger partial charge in [-0.05, 0) is 25.6 Å². The van der Waals surface area contributed by atoms with E-state index >= 15 is 0 Å². The smallest absolute Gasteiger partial charge is 0.451 e. The van der Waals surface area contributed by atoms with Gasteiger partial charge in [-0.1, -0.05) is 6.42 Å². The number of carboxylic acids is 1. The Bertz CT molecular complexity index is 649. The first kappa shape index (κ1) is 25.1. The summed E-state index contributed by atoms with van der Waals surface area (Å²) in [7, 11) is -6.21. The zero-order valence-electron chi connectivity index (χ0n) is 15.3. The summed E-state index contributed by atoms with van der Waals surface area (Å²) >= 11 is 0. The molecule has 1 aliphatic rings. The van der Waals surface area contributed by atoms with Gasteiger partial charge in [-0.15, -0.1) is 0 Å². The van der Waals surface area contributed by atoms with Crippen LogP contribution in [0.15, 0.2) is 0 Å². The maximum atomic E-state index is 12.9. The van der Waals surface area contributed by atoms with Crippen molar-refractivity contribution in [1.29, 1.82) is 0 Å². The van der Waals surface area contributed by atoms with Gasteiger partial charge in [-0.25, -0.2) is 0 Å². The highest BCUT2D eigenvalue weighted by Crippen LogP contribution is 2.33. The minimum Gasteiger partial charge on any atom is -0.480 e. The van der Waals surface area contributed by atoms with E-state index in [1.165, 1.54) is 0 Å². The highest BCUT2D eigenvalue weighted by molar-refractivity contribution is 7.86. The number of nitrogens with two attached hydrogens (primary N) is 2. The van der Waals surface area contributed by atoms with Crippen LogP contribution in [0.2, 0.25) is 6.32 Å². The fourth-order valence-electron chi connectivity index (χ4n) is 3.07. The number of carboxylic acid groups (broad SMARTS) is 1. The molecule has 0 bridgehead atoms. The van der Waals surface area contributed by atoms with Crippen LogP contribution in [0.3, 0.4) is 0 Å². The Hall–Kier alpha value is -0.965. The molecule has 1 saturated heterocycles. The third kappa shape index (κ3) is 7.13. The first-order valence-electron chi connectivity index (χ1n) is 8.51. The van der Waals surface area contributed by atoms with Gasteiger partial charge in [0.15, 0.2) is 0 Å². The van der Waals surface area contributed by atoms with E-state index in [1.54, 1.807) is 6.92 Å². The standard InChI is InChI=1S/C13H26BF3N4O6S/c1-12(19)7-20(5-9(12)3-2-4-14(24)25)28(26,27)21(8-13(15,16)17)6-10(18)11(22)23/h9-10,24-25H,2-8,18-19H2,1H3,(H,22,23)/t9-,10?,12-/m0/s1. The van der Waals surface area contributed by atoms with E-state index in [0.717, 1.165) is 4.31 Å². The Morgan fingerprint density at radius 2 is 2.00 bits per heavy atom. The largest absolute Gasteiger partial charge is 0.480 e. The molecule has 0 saturated carbocycles. The molecule has 0 aromatic carbocycles.